The smallest absolute Gasteiger partial charge is 0.0249 e. The van der Waals surface area contributed by atoms with Gasteiger partial charge in [-0.15, -0.1) is 0 Å². The maximum Gasteiger partial charge on any atom is 0.0249 e. The van der Waals surface area contributed by atoms with Gasteiger partial charge in [0.2, 0.25) is 0 Å². The van der Waals surface area contributed by atoms with Crippen molar-refractivity contribution in [2.24, 2.45) is 23.7 Å². The second kappa shape index (κ2) is 13.8. The summed E-state index contributed by atoms with van der Waals surface area (Å²) in [6.45, 7) is 4.63. The fourth-order valence-electron chi connectivity index (χ4n) is 5.71. The predicted octanol–water partition coefficient (Wildman–Crippen LogP) is 9.13. The molecule has 2 fully saturated rings. The molecule has 31 heavy (non-hydrogen) atoms. The van der Waals surface area contributed by atoms with Gasteiger partial charge in [0.15, 0.2) is 0 Å². The molecule has 0 spiro atoms. The number of hydrogen-bond acceptors (Lipinski definition) is 0. The molecular formula is C31H46. The quantitative estimate of drug-likeness (QED) is 0.277. The molecule has 0 nitrogen and oxygen atoms in total. The molecule has 0 aromatic heterocycles. The minimum absolute atomic E-state index is 0.756. The molecule has 0 radical (unpaired) electrons. The van der Waals surface area contributed by atoms with Crippen molar-refractivity contribution in [1.82, 2.24) is 0 Å². The van der Waals surface area contributed by atoms with E-state index in [0.29, 0.717) is 0 Å². The average Bonchev–Trinajstić information content (AvgIpc) is 2.82. The van der Waals surface area contributed by atoms with E-state index in [0.717, 1.165) is 29.2 Å². The van der Waals surface area contributed by atoms with Crippen LogP contribution in [0.15, 0.2) is 36.4 Å². The Balaban J connectivity index is 1.31. The van der Waals surface area contributed by atoms with E-state index in [1.54, 1.807) is 0 Å². The highest BCUT2D eigenvalue weighted by atomic mass is 14.3. The first-order chi connectivity index (χ1) is 15.3. The summed E-state index contributed by atoms with van der Waals surface area (Å²) in [4.78, 5) is 0. The first-order valence-corrected chi connectivity index (χ1v) is 13.5. The van der Waals surface area contributed by atoms with Crippen molar-refractivity contribution in [2.75, 3.05) is 0 Å². The minimum Gasteiger partial charge on any atom is -0.0730 e. The zero-order chi connectivity index (χ0) is 21.7. The lowest BCUT2D eigenvalue weighted by Gasteiger charge is -2.31. The van der Waals surface area contributed by atoms with Crippen LogP contribution in [0.4, 0.5) is 0 Å². The number of aryl methyl sites for hydroxylation is 1. The van der Waals surface area contributed by atoms with E-state index >= 15 is 0 Å². The summed E-state index contributed by atoms with van der Waals surface area (Å²) in [5, 5.41) is 0. The second-order valence-electron chi connectivity index (χ2n) is 10.4. The van der Waals surface area contributed by atoms with Crippen LogP contribution in [0.5, 0.6) is 0 Å². The molecule has 0 aliphatic heterocycles. The van der Waals surface area contributed by atoms with Gasteiger partial charge < -0.3 is 0 Å². The Morgan fingerprint density at radius 3 is 2.00 bits per heavy atom. The molecule has 0 heteroatoms. The van der Waals surface area contributed by atoms with Crippen LogP contribution in [-0.4, -0.2) is 0 Å². The van der Waals surface area contributed by atoms with Crippen molar-refractivity contribution in [1.29, 1.82) is 0 Å². The second-order valence-corrected chi connectivity index (χ2v) is 10.4. The van der Waals surface area contributed by atoms with E-state index in [1.165, 1.54) is 102 Å². The van der Waals surface area contributed by atoms with Crippen LogP contribution in [0.1, 0.15) is 115 Å². The maximum atomic E-state index is 3.31. The van der Waals surface area contributed by atoms with Gasteiger partial charge in [0.05, 0.1) is 0 Å². The van der Waals surface area contributed by atoms with E-state index < -0.39 is 0 Å². The Morgan fingerprint density at radius 2 is 1.39 bits per heavy atom. The summed E-state index contributed by atoms with van der Waals surface area (Å²) in [7, 11) is 0. The molecule has 0 amide bonds. The SMILES string of the molecule is CCCCCc1ccc(C#CC=CC2CCC(CCC3CCC(CC)CC3)CC2)cc1. The number of rotatable bonds is 9. The fourth-order valence-corrected chi connectivity index (χ4v) is 5.71. The minimum atomic E-state index is 0.756. The molecule has 1 aromatic rings. The third-order valence-electron chi connectivity index (χ3n) is 8.11. The molecule has 2 aliphatic rings. The molecule has 2 saturated carbocycles. The van der Waals surface area contributed by atoms with Crippen LogP contribution < -0.4 is 0 Å². The Morgan fingerprint density at radius 1 is 0.774 bits per heavy atom. The van der Waals surface area contributed by atoms with E-state index in [2.05, 4.69) is 62.1 Å². The molecule has 0 unspecified atom stereocenters. The van der Waals surface area contributed by atoms with Gasteiger partial charge in [0.25, 0.3) is 0 Å². The van der Waals surface area contributed by atoms with E-state index in [9.17, 15) is 0 Å². The highest BCUT2D eigenvalue weighted by Gasteiger charge is 2.23. The zero-order valence-electron chi connectivity index (χ0n) is 20.4. The first-order valence-electron chi connectivity index (χ1n) is 13.5. The third-order valence-corrected chi connectivity index (χ3v) is 8.11. The van der Waals surface area contributed by atoms with Crippen LogP contribution in [-0.2, 0) is 6.42 Å². The van der Waals surface area contributed by atoms with Gasteiger partial charge in [-0.1, -0.05) is 102 Å². The maximum absolute atomic E-state index is 3.31. The van der Waals surface area contributed by atoms with E-state index in [1.807, 2.05) is 0 Å². The largest absolute Gasteiger partial charge is 0.0730 e. The molecule has 0 N–H and O–H groups in total. The summed E-state index contributed by atoms with van der Waals surface area (Å²) in [6.07, 6.45) is 25.7. The predicted molar refractivity (Wildman–Crippen MR) is 136 cm³/mol. The lowest BCUT2D eigenvalue weighted by Crippen LogP contribution is -2.17. The number of allylic oxidation sites excluding steroid dienone is 2. The van der Waals surface area contributed by atoms with Crippen molar-refractivity contribution < 1.29 is 0 Å². The average molecular weight is 419 g/mol. The molecule has 0 saturated heterocycles. The Labute approximate surface area is 193 Å². The van der Waals surface area contributed by atoms with Crippen molar-refractivity contribution in [3.63, 3.8) is 0 Å². The van der Waals surface area contributed by atoms with Gasteiger partial charge in [0, 0.05) is 5.56 Å². The topological polar surface area (TPSA) is 0 Å². The summed E-state index contributed by atoms with van der Waals surface area (Å²) in [6, 6.07) is 8.87. The molecule has 2 aliphatic carbocycles. The first kappa shape index (κ1) is 24.2. The van der Waals surface area contributed by atoms with Gasteiger partial charge in [-0.3, -0.25) is 0 Å². The van der Waals surface area contributed by atoms with E-state index in [-0.39, 0.29) is 0 Å². The Kier molecular flexibility index (Phi) is 10.8. The zero-order valence-corrected chi connectivity index (χ0v) is 20.4. The highest BCUT2D eigenvalue weighted by molar-refractivity contribution is 5.38. The molecule has 0 atom stereocenters. The van der Waals surface area contributed by atoms with Crippen molar-refractivity contribution in [3.05, 3.63) is 47.5 Å². The van der Waals surface area contributed by atoms with Gasteiger partial charge in [-0.05, 0) is 86.0 Å². The lowest BCUT2D eigenvalue weighted by atomic mass is 9.75. The summed E-state index contributed by atoms with van der Waals surface area (Å²) in [5.41, 5.74) is 2.58. The van der Waals surface area contributed by atoms with Crippen molar-refractivity contribution in [2.45, 2.75) is 110 Å². The van der Waals surface area contributed by atoms with Crippen LogP contribution in [0.3, 0.4) is 0 Å². The normalized spacial score (nSPS) is 26.5. The Hall–Kier alpha value is -1.48. The van der Waals surface area contributed by atoms with Gasteiger partial charge in [0.1, 0.15) is 0 Å². The Bertz CT molecular complexity index is 682. The number of unbranched alkanes of at least 4 members (excludes halogenated alkanes) is 2. The molecule has 0 bridgehead atoms. The molecule has 3 rings (SSSR count). The monoisotopic (exact) mass is 418 g/mol. The number of benzene rings is 1. The van der Waals surface area contributed by atoms with Crippen molar-refractivity contribution >= 4 is 0 Å². The molecule has 0 heterocycles. The summed E-state index contributed by atoms with van der Waals surface area (Å²) < 4.78 is 0. The van der Waals surface area contributed by atoms with Crippen LogP contribution in [0, 0.1) is 35.5 Å². The highest BCUT2D eigenvalue weighted by Crippen LogP contribution is 2.37. The summed E-state index contributed by atoms with van der Waals surface area (Å²) in [5.74, 6) is 10.4. The van der Waals surface area contributed by atoms with Crippen LogP contribution in [0.2, 0.25) is 0 Å². The fraction of sp³-hybridized carbons (Fsp3) is 0.677. The molecule has 1 aromatic carbocycles. The third kappa shape index (κ3) is 8.88. The van der Waals surface area contributed by atoms with Crippen molar-refractivity contribution in [3.8, 4) is 11.8 Å². The van der Waals surface area contributed by atoms with Crippen LogP contribution >= 0.6 is 0 Å². The standard InChI is InChI=1S/C31H46/c1-3-5-6-9-27-16-18-28(19-17-27)10-7-8-11-29-20-22-31(23-21-29)25-24-30-14-12-26(4-2)13-15-30/h8,11,16-19,26,29-31H,3-6,9,12-15,20-25H2,1-2H3. The lowest BCUT2D eigenvalue weighted by molar-refractivity contribution is 0.224. The van der Waals surface area contributed by atoms with Crippen LogP contribution in [0.25, 0.3) is 0 Å². The number of hydrogen-bond donors (Lipinski definition) is 0. The summed E-state index contributed by atoms with van der Waals surface area (Å²) >= 11 is 0. The van der Waals surface area contributed by atoms with Gasteiger partial charge in [-0.25, -0.2) is 0 Å². The van der Waals surface area contributed by atoms with E-state index in [4.69, 9.17) is 0 Å². The van der Waals surface area contributed by atoms with Gasteiger partial charge >= 0.3 is 0 Å². The molecular weight excluding hydrogens is 372 g/mol. The van der Waals surface area contributed by atoms with Gasteiger partial charge in [-0.2, -0.15) is 0 Å². The molecule has 170 valence electrons.